The van der Waals surface area contributed by atoms with E-state index in [2.05, 4.69) is 0 Å². The maximum atomic E-state index is 12.3. The van der Waals surface area contributed by atoms with Crippen LogP contribution < -0.4 is 0 Å². The van der Waals surface area contributed by atoms with E-state index in [-0.39, 0.29) is 0 Å². The molecular formula is C16H12N4O10. The van der Waals surface area contributed by atoms with E-state index in [9.17, 15) is 50.4 Å². The zero-order valence-corrected chi connectivity index (χ0v) is 15.1. The predicted molar refractivity (Wildman–Crippen MR) is 98.2 cm³/mol. The molecule has 1 N–H and O–H groups in total. The third-order valence-electron chi connectivity index (χ3n) is 4.59. The van der Waals surface area contributed by atoms with Crippen molar-refractivity contribution in [1.82, 2.24) is 0 Å². The Kier molecular flexibility index (Phi) is 5.71. The van der Waals surface area contributed by atoms with E-state index >= 15 is 0 Å². The summed E-state index contributed by atoms with van der Waals surface area (Å²) in [5.41, 5.74) is -6.68. The Morgan fingerprint density at radius 3 is 1.40 bits per heavy atom. The molecule has 0 amide bonds. The summed E-state index contributed by atoms with van der Waals surface area (Å²) in [5, 5.41) is 55.0. The minimum absolute atomic E-state index is 0.431. The van der Waals surface area contributed by atoms with Gasteiger partial charge >= 0.3 is 5.97 Å². The highest BCUT2D eigenvalue weighted by Gasteiger charge is 2.49. The maximum Gasteiger partial charge on any atom is 0.319 e. The fourth-order valence-corrected chi connectivity index (χ4v) is 3.20. The summed E-state index contributed by atoms with van der Waals surface area (Å²) >= 11 is 0. The van der Waals surface area contributed by atoms with Crippen molar-refractivity contribution >= 4 is 28.7 Å². The molecule has 0 fully saturated rings. The highest BCUT2D eigenvalue weighted by atomic mass is 16.6. The first-order valence-corrected chi connectivity index (χ1v) is 8.07. The normalized spacial score (nSPS) is 11.0. The first kappa shape index (κ1) is 21.8. The lowest BCUT2D eigenvalue weighted by molar-refractivity contribution is -0.395. The largest absolute Gasteiger partial charge is 0.480 e. The van der Waals surface area contributed by atoms with E-state index in [4.69, 9.17) is 0 Å². The van der Waals surface area contributed by atoms with Crippen LogP contribution >= 0.6 is 0 Å². The molecule has 0 radical (unpaired) electrons. The number of hydrogen-bond donors (Lipinski definition) is 1. The molecule has 14 nitrogen and oxygen atoms in total. The number of nitrogens with zero attached hydrogens (tertiary/aromatic N) is 4. The van der Waals surface area contributed by atoms with Gasteiger partial charge in [0, 0.05) is 12.1 Å². The molecule has 2 aromatic carbocycles. The van der Waals surface area contributed by atoms with Crippen molar-refractivity contribution in [2.75, 3.05) is 0 Å². The van der Waals surface area contributed by atoms with Gasteiger partial charge in [-0.15, -0.1) is 0 Å². The van der Waals surface area contributed by atoms with E-state index in [1.807, 2.05) is 0 Å². The van der Waals surface area contributed by atoms with Crippen LogP contribution in [0.25, 0.3) is 0 Å². The van der Waals surface area contributed by atoms with E-state index in [1.54, 1.807) is 0 Å². The van der Waals surface area contributed by atoms with Gasteiger partial charge in [0.2, 0.25) is 0 Å². The number of aliphatic carboxylic acids is 1. The van der Waals surface area contributed by atoms with E-state index in [0.29, 0.717) is 12.1 Å². The van der Waals surface area contributed by atoms with Gasteiger partial charge in [-0.05, 0) is 18.6 Å². The molecule has 2 rings (SSSR count). The van der Waals surface area contributed by atoms with E-state index in [0.717, 1.165) is 24.3 Å². The van der Waals surface area contributed by atoms with Crippen LogP contribution in [-0.2, 0) is 10.2 Å². The van der Waals surface area contributed by atoms with Crippen LogP contribution in [-0.4, -0.2) is 30.8 Å². The molecule has 156 valence electrons. The highest BCUT2D eigenvalue weighted by molar-refractivity contribution is 5.89. The fraction of sp³-hybridized carbons (Fsp3) is 0.188. The first-order chi connectivity index (χ1) is 14.0. The number of carboxylic acid groups (broad SMARTS) is 1. The van der Waals surface area contributed by atoms with Gasteiger partial charge in [0.25, 0.3) is 22.7 Å². The SMILES string of the molecule is CCC(C(=O)O)(c1ccc([N+](=O)[O-])cc1[N+](=O)[O-])c1ccc([N+](=O)[O-])cc1[N+](=O)[O-]. The minimum atomic E-state index is -2.38. The van der Waals surface area contributed by atoms with Gasteiger partial charge < -0.3 is 5.11 Å². The standard InChI is InChI=1S/C16H12N4O10/c1-2-16(15(21)22,11-5-3-9(17(23)24)7-13(11)19(27)28)12-6-4-10(18(25)26)8-14(12)20(29)30/h3-8H,2H2,1H3,(H,21,22). The molecule has 0 heterocycles. The smallest absolute Gasteiger partial charge is 0.319 e. The van der Waals surface area contributed by atoms with Gasteiger partial charge in [-0.3, -0.25) is 45.3 Å². The van der Waals surface area contributed by atoms with Gasteiger partial charge in [0.1, 0.15) is 5.41 Å². The maximum absolute atomic E-state index is 12.3. The highest BCUT2D eigenvalue weighted by Crippen LogP contribution is 2.46. The molecule has 30 heavy (non-hydrogen) atoms. The molecule has 0 aromatic heterocycles. The van der Waals surface area contributed by atoms with Crippen molar-refractivity contribution in [2.24, 2.45) is 0 Å². The zero-order chi connectivity index (χ0) is 22.8. The van der Waals surface area contributed by atoms with Crippen LogP contribution in [0.15, 0.2) is 36.4 Å². The molecule has 0 bridgehead atoms. The molecule has 2 aromatic rings. The Hall–Kier alpha value is -4.49. The van der Waals surface area contributed by atoms with Crippen LogP contribution in [0, 0.1) is 40.5 Å². The molecule has 0 aliphatic rings. The van der Waals surface area contributed by atoms with Gasteiger partial charge in [-0.25, -0.2) is 0 Å². The van der Waals surface area contributed by atoms with Crippen molar-refractivity contribution in [3.8, 4) is 0 Å². The predicted octanol–water partition coefficient (Wildman–Crippen LogP) is 3.10. The van der Waals surface area contributed by atoms with Crippen molar-refractivity contribution < 1.29 is 29.6 Å². The summed E-state index contributed by atoms with van der Waals surface area (Å²) in [6, 6.07) is 4.48. The molecule has 0 unspecified atom stereocenters. The summed E-state index contributed by atoms with van der Waals surface area (Å²) in [5.74, 6) is -1.71. The van der Waals surface area contributed by atoms with Crippen LogP contribution in [0.5, 0.6) is 0 Å². The molecular weight excluding hydrogens is 408 g/mol. The van der Waals surface area contributed by atoms with Crippen LogP contribution in [0.1, 0.15) is 24.5 Å². The number of carboxylic acids is 1. The molecule has 0 saturated carbocycles. The second kappa shape index (κ2) is 7.86. The Bertz CT molecular complexity index is 1020. The van der Waals surface area contributed by atoms with Crippen molar-refractivity contribution in [2.45, 2.75) is 18.8 Å². The molecule has 0 aliphatic heterocycles. The number of carbonyl (C=O) groups is 1. The van der Waals surface area contributed by atoms with E-state index in [1.165, 1.54) is 6.92 Å². The monoisotopic (exact) mass is 420 g/mol. The average molecular weight is 420 g/mol. The van der Waals surface area contributed by atoms with Crippen LogP contribution in [0.4, 0.5) is 22.7 Å². The third-order valence-corrected chi connectivity index (χ3v) is 4.59. The van der Waals surface area contributed by atoms with Gasteiger partial charge in [-0.2, -0.15) is 0 Å². The number of nitro benzene ring substituents is 4. The van der Waals surface area contributed by atoms with Crippen molar-refractivity contribution in [1.29, 1.82) is 0 Å². The van der Waals surface area contributed by atoms with Gasteiger partial charge in [0.05, 0.1) is 43.0 Å². The number of nitro groups is 4. The number of benzene rings is 2. The lowest BCUT2D eigenvalue weighted by atomic mass is 9.71. The molecule has 0 atom stereocenters. The zero-order valence-electron chi connectivity index (χ0n) is 15.1. The Morgan fingerprint density at radius 1 is 0.800 bits per heavy atom. The molecule has 14 heteroatoms. The molecule has 0 spiro atoms. The van der Waals surface area contributed by atoms with Crippen molar-refractivity contribution in [3.05, 3.63) is 88.0 Å². The quantitative estimate of drug-likeness (QED) is 0.487. The number of hydrogen-bond acceptors (Lipinski definition) is 9. The minimum Gasteiger partial charge on any atom is -0.480 e. The third kappa shape index (κ3) is 3.48. The second-order valence-corrected chi connectivity index (χ2v) is 6.00. The lowest BCUT2D eigenvalue weighted by Gasteiger charge is -2.28. The summed E-state index contributed by atoms with van der Waals surface area (Å²) in [6.07, 6.45) is -0.431. The van der Waals surface area contributed by atoms with Crippen molar-refractivity contribution in [3.63, 3.8) is 0 Å². The summed E-state index contributed by atoms with van der Waals surface area (Å²) in [7, 11) is 0. The Balaban J connectivity index is 2.99. The summed E-state index contributed by atoms with van der Waals surface area (Å²) in [4.78, 5) is 53.4. The Labute approximate surface area is 166 Å². The second-order valence-electron chi connectivity index (χ2n) is 6.00. The number of rotatable bonds is 8. The average Bonchev–Trinajstić information content (AvgIpc) is 2.68. The first-order valence-electron chi connectivity index (χ1n) is 8.07. The topological polar surface area (TPSA) is 210 Å². The van der Waals surface area contributed by atoms with Crippen LogP contribution in [0.3, 0.4) is 0 Å². The molecule has 0 saturated heterocycles. The summed E-state index contributed by atoms with van der Waals surface area (Å²) < 4.78 is 0. The van der Waals surface area contributed by atoms with Crippen LogP contribution in [0.2, 0.25) is 0 Å². The number of non-ortho nitro benzene ring substituents is 2. The van der Waals surface area contributed by atoms with Gasteiger partial charge in [-0.1, -0.05) is 6.92 Å². The Morgan fingerprint density at radius 2 is 1.17 bits per heavy atom. The van der Waals surface area contributed by atoms with E-state index < -0.39 is 71.4 Å². The fourth-order valence-electron chi connectivity index (χ4n) is 3.20. The van der Waals surface area contributed by atoms with Gasteiger partial charge in [0.15, 0.2) is 0 Å². The lowest BCUT2D eigenvalue weighted by Crippen LogP contribution is -2.37. The summed E-state index contributed by atoms with van der Waals surface area (Å²) in [6.45, 7) is 1.30. The molecule has 0 aliphatic carbocycles.